The summed E-state index contributed by atoms with van der Waals surface area (Å²) in [5.41, 5.74) is 2.14. The molecule has 4 heteroatoms. The van der Waals surface area contributed by atoms with Crippen LogP contribution in [0, 0.1) is 0 Å². The number of nitrogens with one attached hydrogen (secondary N) is 1. The summed E-state index contributed by atoms with van der Waals surface area (Å²) >= 11 is 0. The molecule has 1 amide bonds. The first-order valence-corrected chi connectivity index (χ1v) is 7.41. The molecule has 1 atom stereocenters. The molecule has 0 saturated heterocycles. The van der Waals surface area contributed by atoms with E-state index in [2.05, 4.69) is 22.9 Å². The van der Waals surface area contributed by atoms with Crippen molar-refractivity contribution in [2.75, 3.05) is 0 Å². The van der Waals surface area contributed by atoms with Gasteiger partial charge in [0.25, 0.3) is 0 Å². The average Bonchev–Trinajstić information content (AvgIpc) is 2.83. The second-order valence-corrected chi connectivity index (χ2v) is 5.11. The molecule has 0 bridgehead atoms. The lowest BCUT2D eigenvalue weighted by atomic mass is 10.2. The number of unbranched alkanes of at least 4 members (excludes halogenated alkanes) is 1. The number of carbonyl (C=O) groups excluding carboxylic acids is 1. The van der Waals surface area contributed by atoms with Gasteiger partial charge in [-0.1, -0.05) is 32.4 Å². The van der Waals surface area contributed by atoms with Gasteiger partial charge in [-0.2, -0.15) is 0 Å². The Bertz CT molecular complexity index is 588. The highest BCUT2D eigenvalue weighted by Crippen LogP contribution is 2.21. The quantitative estimate of drug-likeness (QED) is 0.876. The smallest absolute Gasteiger partial charge is 0.220 e. The van der Waals surface area contributed by atoms with Crippen LogP contribution in [0.4, 0.5) is 0 Å². The summed E-state index contributed by atoms with van der Waals surface area (Å²) in [5, 5.41) is 3.00. The lowest BCUT2D eigenvalue weighted by Crippen LogP contribution is -2.28. The van der Waals surface area contributed by atoms with E-state index in [1.54, 1.807) is 0 Å². The predicted octanol–water partition coefficient (Wildman–Crippen LogP) is 3.42. The van der Waals surface area contributed by atoms with Crippen molar-refractivity contribution in [3.8, 4) is 0 Å². The first-order valence-electron chi connectivity index (χ1n) is 7.41. The average molecular weight is 273 g/mol. The van der Waals surface area contributed by atoms with E-state index in [1.165, 1.54) is 0 Å². The molecule has 0 aliphatic heterocycles. The van der Waals surface area contributed by atoms with Crippen molar-refractivity contribution < 1.29 is 4.79 Å². The zero-order valence-corrected chi connectivity index (χ0v) is 12.5. The molecule has 2 aromatic rings. The van der Waals surface area contributed by atoms with Crippen LogP contribution in [0.25, 0.3) is 11.0 Å². The fourth-order valence-electron chi connectivity index (χ4n) is 2.38. The Balaban J connectivity index is 2.37. The van der Waals surface area contributed by atoms with Crippen molar-refractivity contribution in [3.05, 3.63) is 30.1 Å². The summed E-state index contributed by atoms with van der Waals surface area (Å²) < 4.78 is 2.24. The summed E-state index contributed by atoms with van der Waals surface area (Å²) in [6.07, 6.45) is 2.75. The highest BCUT2D eigenvalue weighted by Gasteiger charge is 2.17. The number of para-hydroxylation sites is 2. The predicted molar refractivity (Wildman–Crippen MR) is 81.5 cm³/mol. The Morgan fingerprint density at radius 2 is 2.10 bits per heavy atom. The van der Waals surface area contributed by atoms with Gasteiger partial charge in [0.05, 0.1) is 17.1 Å². The Labute approximate surface area is 120 Å². The highest BCUT2D eigenvalue weighted by atomic mass is 16.1. The Kier molecular flexibility index (Phi) is 4.77. The number of hydrogen-bond acceptors (Lipinski definition) is 2. The number of carbonyl (C=O) groups is 1. The van der Waals surface area contributed by atoms with Gasteiger partial charge in [0.1, 0.15) is 5.82 Å². The second kappa shape index (κ2) is 6.55. The number of hydrogen-bond donors (Lipinski definition) is 1. The van der Waals surface area contributed by atoms with Crippen LogP contribution in [0.2, 0.25) is 0 Å². The van der Waals surface area contributed by atoms with E-state index in [4.69, 9.17) is 4.98 Å². The van der Waals surface area contributed by atoms with Gasteiger partial charge in [0.2, 0.25) is 5.91 Å². The first kappa shape index (κ1) is 14.6. The SMILES string of the molecule is CCCCn1c([C@H](C)NC(=O)CC)nc2ccccc21. The van der Waals surface area contributed by atoms with Crippen LogP contribution in [-0.4, -0.2) is 15.5 Å². The Morgan fingerprint density at radius 3 is 2.80 bits per heavy atom. The van der Waals surface area contributed by atoms with E-state index in [9.17, 15) is 4.79 Å². The molecule has 4 nitrogen and oxygen atoms in total. The van der Waals surface area contributed by atoms with E-state index in [0.29, 0.717) is 6.42 Å². The maximum absolute atomic E-state index is 11.6. The number of nitrogens with zero attached hydrogens (tertiary/aromatic N) is 2. The van der Waals surface area contributed by atoms with Crippen molar-refractivity contribution in [2.24, 2.45) is 0 Å². The molecule has 0 unspecified atom stereocenters. The summed E-state index contributed by atoms with van der Waals surface area (Å²) in [4.78, 5) is 16.3. The van der Waals surface area contributed by atoms with Crippen LogP contribution in [0.5, 0.6) is 0 Å². The molecule has 0 saturated carbocycles. The second-order valence-electron chi connectivity index (χ2n) is 5.11. The molecule has 0 radical (unpaired) electrons. The summed E-state index contributed by atoms with van der Waals surface area (Å²) in [5.74, 6) is 1.01. The Hall–Kier alpha value is -1.84. The molecule has 20 heavy (non-hydrogen) atoms. The zero-order valence-electron chi connectivity index (χ0n) is 12.5. The number of aromatic nitrogens is 2. The minimum atomic E-state index is -0.0632. The van der Waals surface area contributed by atoms with E-state index in [0.717, 1.165) is 36.2 Å². The van der Waals surface area contributed by atoms with E-state index >= 15 is 0 Å². The zero-order chi connectivity index (χ0) is 14.5. The number of fused-ring (bicyclic) bond motifs is 1. The van der Waals surface area contributed by atoms with Gasteiger partial charge in [-0.3, -0.25) is 4.79 Å². The molecule has 0 aliphatic rings. The van der Waals surface area contributed by atoms with Crippen molar-refractivity contribution in [3.63, 3.8) is 0 Å². The summed E-state index contributed by atoms with van der Waals surface area (Å²) in [6, 6.07) is 8.09. The van der Waals surface area contributed by atoms with Gasteiger partial charge in [0.15, 0.2) is 0 Å². The summed E-state index contributed by atoms with van der Waals surface area (Å²) in [6.45, 7) is 6.99. The minimum absolute atomic E-state index is 0.0617. The molecule has 1 aromatic heterocycles. The first-order chi connectivity index (χ1) is 9.67. The molecule has 0 fully saturated rings. The third kappa shape index (κ3) is 3.00. The van der Waals surface area contributed by atoms with Gasteiger partial charge < -0.3 is 9.88 Å². The molecule has 108 valence electrons. The van der Waals surface area contributed by atoms with E-state index < -0.39 is 0 Å². The van der Waals surface area contributed by atoms with Gasteiger partial charge >= 0.3 is 0 Å². The minimum Gasteiger partial charge on any atom is -0.346 e. The van der Waals surface area contributed by atoms with Gasteiger partial charge in [-0.05, 0) is 25.5 Å². The number of benzene rings is 1. The van der Waals surface area contributed by atoms with Crippen LogP contribution in [0.15, 0.2) is 24.3 Å². The maximum atomic E-state index is 11.6. The van der Waals surface area contributed by atoms with Crippen LogP contribution >= 0.6 is 0 Å². The number of rotatable bonds is 6. The van der Waals surface area contributed by atoms with E-state index in [-0.39, 0.29) is 11.9 Å². The monoisotopic (exact) mass is 273 g/mol. The maximum Gasteiger partial charge on any atom is 0.220 e. The summed E-state index contributed by atoms with van der Waals surface area (Å²) in [7, 11) is 0. The van der Waals surface area contributed by atoms with E-state index in [1.807, 2.05) is 32.0 Å². The number of imidazole rings is 1. The fourth-order valence-corrected chi connectivity index (χ4v) is 2.38. The Morgan fingerprint density at radius 1 is 1.35 bits per heavy atom. The molecule has 2 rings (SSSR count). The molecular formula is C16H23N3O. The fraction of sp³-hybridized carbons (Fsp3) is 0.500. The highest BCUT2D eigenvalue weighted by molar-refractivity contribution is 5.77. The molecule has 1 heterocycles. The van der Waals surface area contributed by atoms with Crippen LogP contribution in [0.3, 0.4) is 0 Å². The number of amides is 1. The van der Waals surface area contributed by atoms with Gasteiger partial charge in [-0.25, -0.2) is 4.98 Å². The van der Waals surface area contributed by atoms with Crippen molar-refractivity contribution in [1.29, 1.82) is 0 Å². The molecule has 1 N–H and O–H groups in total. The third-order valence-corrected chi connectivity index (χ3v) is 3.51. The van der Waals surface area contributed by atoms with Gasteiger partial charge in [0, 0.05) is 13.0 Å². The van der Waals surface area contributed by atoms with Crippen molar-refractivity contribution >= 4 is 16.9 Å². The molecular weight excluding hydrogens is 250 g/mol. The normalized spacial score (nSPS) is 12.6. The molecule has 0 spiro atoms. The third-order valence-electron chi connectivity index (χ3n) is 3.51. The van der Waals surface area contributed by atoms with Crippen LogP contribution in [0.1, 0.15) is 51.9 Å². The van der Waals surface area contributed by atoms with Crippen LogP contribution in [-0.2, 0) is 11.3 Å². The standard InChI is InChI=1S/C16H23N3O/c1-4-6-11-19-14-10-8-7-9-13(14)18-16(19)12(3)17-15(20)5-2/h7-10,12H,4-6,11H2,1-3H3,(H,17,20)/t12-/m0/s1. The lowest BCUT2D eigenvalue weighted by Gasteiger charge is -2.15. The van der Waals surface area contributed by atoms with Gasteiger partial charge in [-0.15, -0.1) is 0 Å². The van der Waals surface area contributed by atoms with Crippen LogP contribution < -0.4 is 5.32 Å². The lowest BCUT2D eigenvalue weighted by molar-refractivity contribution is -0.121. The van der Waals surface area contributed by atoms with Crippen molar-refractivity contribution in [1.82, 2.24) is 14.9 Å². The molecule has 0 aliphatic carbocycles. The number of aryl methyl sites for hydroxylation is 1. The topological polar surface area (TPSA) is 46.9 Å². The molecule has 1 aromatic carbocycles. The largest absolute Gasteiger partial charge is 0.346 e. The van der Waals surface area contributed by atoms with Crippen molar-refractivity contribution in [2.45, 2.75) is 52.6 Å².